The van der Waals surface area contributed by atoms with Gasteiger partial charge in [0.25, 0.3) is 0 Å². The number of anilines is 1. The summed E-state index contributed by atoms with van der Waals surface area (Å²) in [6.45, 7) is 0.796. The Kier molecular flexibility index (Phi) is 4.06. The lowest BCUT2D eigenvalue weighted by Crippen LogP contribution is -2.44. The fraction of sp³-hybridized carbons (Fsp3) is 0.444. The van der Waals surface area contributed by atoms with E-state index in [1.54, 1.807) is 29.2 Å². The molecule has 25 heavy (non-hydrogen) atoms. The molecule has 2 fully saturated rings. The molecule has 7 heteroatoms. The number of aliphatic hydroxyl groups is 1. The molecule has 3 aliphatic rings. The van der Waals surface area contributed by atoms with Crippen LogP contribution in [0.1, 0.15) is 6.42 Å². The first-order chi connectivity index (χ1) is 12.1. The first kappa shape index (κ1) is 16.6. The van der Waals surface area contributed by atoms with Crippen molar-refractivity contribution in [2.75, 3.05) is 24.6 Å². The Labute approximate surface area is 150 Å². The van der Waals surface area contributed by atoms with Crippen LogP contribution in [0, 0.1) is 11.8 Å². The summed E-state index contributed by atoms with van der Waals surface area (Å²) in [6.07, 6.45) is 3.93. The molecule has 3 heterocycles. The maximum atomic E-state index is 13.1. The number of hydrogen-bond donors (Lipinski definition) is 2. The Hall–Kier alpha value is -1.89. The standard InChI is InChI=1S/C18H19ClN2O4/c19-11-2-4-12(5-3-11)21-10-18-7-6-13(25-18)14(15(18)17(21)24)16(23)20-8-1-9-22/h2-7,13-15,22H,1,8-10H2,(H,20,23). The quantitative estimate of drug-likeness (QED) is 0.608. The zero-order valence-corrected chi connectivity index (χ0v) is 14.3. The van der Waals surface area contributed by atoms with Crippen molar-refractivity contribution in [3.05, 3.63) is 41.4 Å². The Bertz CT molecular complexity index is 735. The maximum Gasteiger partial charge on any atom is 0.234 e. The van der Waals surface area contributed by atoms with E-state index in [-0.39, 0.29) is 24.5 Å². The highest BCUT2D eigenvalue weighted by atomic mass is 35.5. The van der Waals surface area contributed by atoms with E-state index in [4.69, 9.17) is 21.4 Å². The number of nitrogens with zero attached hydrogens (tertiary/aromatic N) is 1. The monoisotopic (exact) mass is 362 g/mol. The van der Waals surface area contributed by atoms with Gasteiger partial charge < -0.3 is 20.1 Å². The average molecular weight is 363 g/mol. The highest BCUT2D eigenvalue weighted by Crippen LogP contribution is 2.52. The second-order valence-electron chi connectivity index (χ2n) is 6.67. The second kappa shape index (κ2) is 6.12. The van der Waals surface area contributed by atoms with Crippen LogP contribution in [0.3, 0.4) is 0 Å². The van der Waals surface area contributed by atoms with Crippen LogP contribution in [0.15, 0.2) is 36.4 Å². The van der Waals surface area contributed by atoms with Crippen molar-refractivity contribution in [2.24, 2.45) is 11.8 Å². The highest BCUT2D eigenvalue weighted by Gasteiger charge is 2.66. The lowest BCUT2D eigenvalue weighted by molar-refractivity contribution is -0.131. The van der Waals surface area contributed by atoms with Gasteiger partial charge in [0.1, 0.15) is 5.60 Å². The summed E-state index contributed by atoms with van der Waals surface area (Å²) in [5, 5.41) is 12.3. The van der Waals surface area contributed by atoms with Crippen LogP contribution < -0.4 is 10.2 Å². The normalized spacial score (nSPS) is 32.3. The molecule has 0 aliphatic carbocycles. The smallest absolute Gasteiger partial charge is 0.234 e. The molecule has 0 aromatic heterocycles. The number of rotatable bonds is 5. The third-order valence-corrected chi connectivity index (χ3v) is 5.43. The Morgan fingerprint density at radius 3 is 2.88 bits per heavy atom. The van der Waals surface area contributed by atoms with E-state index in [0.717, 1.165) is 5.69 Å². The van der Waals surface area contributed by atoms with Gasteiger partial charge in [-0.15, -0.1) is 0 Å². The molecule has 2 bridgehead atoms. The summed E-state index contributed by atoms with van der Waals surface area (Å²) in [4.78, 5) is 27.3. The van der Waals surface area contributed by atoms with Crippen LogP contribution in [0.2, 0.25) is 5.02 Å². The van der Waals surface area contributed by atoms with Gasteiger partial charge in [0.15, 0.2) is 0 Å². The van der Waals surface area contributed by atoms with Crippen LogP contribution in [0.4, 0.5) is 5.69 Å². The molecule has 1 spiro atoms. The summed E-state index contributed by atoms with van der Waals surface area (Å²) < 4.78 is 6.06. The van der Waals surface area contributed by atoms with Gasteiger partial charge in [-0.1, -0.05) is 23.8 Å². The van der Waals surface area contributed by atoms with E-state index in [1.165, 1.54) is 0 Å². The van der Waals surface area contributed by atoms with Crippen molar-refractivity contribution in [1.29, 1.82) is 0 Å². The molecule has 2 amide bonds. The van der Waals surface area contributed by atoms with Crippen molar-refractivity contribution >= 4 is 29.1 Å². The van der Waals surface area contributed by atoms with Gasteiger partial charge in [-0.3, -0.25) is 9.59 Å². The average Bonchev–Trinajstić information content (AvgIpc) is 3.24. The van der Waals surface area contributed by atoms with Gasteiger partial charge in [-0.25, -0.2) is 0 Å². The van der Waals surface area contributed by atoms with Crippen LogP contribution in [0.25, 0.3) is 0 Å². The number of ether oxygens (including phenoxy) is 1. The van der Waals surface area contributed by atoms with E-state index in [9.17, 15) is 9.59 Å². The minimum atomic E-state index is -0.736. The molecule has 3 aliphatic heterocycles. The predicted octanol–water partition coefficient (Wildman–Crippen LogP) is 1.12. The minimum absolute atomic E-state index is 0.0153. The van der Waals surface area contributed by atoms with E-state index in [0.29, 0.717) is 24.5 Å². The Balaban J connectivity index is 1.59. The first-order valence-corrected chi connectivity index (χ1v) is 8.76. The second-order valence-corrected chi connectivity index (χ2v) is 7.11. The molecule has 2 N–H and O–H groups in total. The number of nitrogens with one attached hydrogen (secondary N) is 1. The predicted molar refractivity (Wildman–Crippen MR) is 92.2 cm³/mol. The van der Waals surface area contributed by atoms with Crippen LogP contribution in [-0.2, 0) is 14.3 Å². The summed E-state index contributed by atoms with van der Waals surface area (Å²) in [7, 11) is 0. The van der Waals surface area contributed by atoms with E-state index >= 15 is 0 Å². The number of halogens is 1. The number of aliphatic hydroxyl groups excluding tert-OH is 1. The molecule has 1 aromatic rings. The van der Waals surface area contributed by atoms with Crippen molar-refractivity contribution in [2.45, 2.75) is 18.1 Å². The van der Waals surface area contributed by atoms with Crippen LogP contribution >= 0.6 is 11.6 Å². The summed E-state index contributed by atoms with van der Waals surface area (Å²) in [6, 6.07) is 7.07. The number of carbonyl (C=O) groups excluding carboxylic acids is 2. The van der Waals surface area contributed by atoms with Crippen LogP contribution in [-0.4, -0.2) is 48.3 Å². The Morgan fingerprint density at radius 2 is 2.16 bits per heavy atom. The molecule has 0 saturated carbocycles. The maximum absolute atomic E-state index is 13.1. The van der Waals surface area contributed by atoms with Gasteiger partial charge in [0, 0.05) is 23.9 Å². The van der Waals surface area contributed by atoms with Gasteiger partial charge in [-0.2, -0.15) is 0 Å². The lowest BCUT2D eigenvalue weighted by Gasteiger charge is -2.23. The van der Waals surface area contributed by atoms with Crippen molar-refractivity contribution in [1.82, 2.24) is 5.32 Å². The van der Waals surface area contributed by atoms with Gasteiger partial charge in [0.2, 0.25) is 11.8 Å². The van der Waals surface area contributed by atoms with Crippen LogP contribution in [0.5, 0.6) is 0 Å². The summed E-state index contributed by atoms with van der Waals surface area (Å²) >= 11 is 5.93. The molecule has 4 atom stereocenters. The fourth-order valence-electron chi connectivity index (χ4n) is 4.05. The van der Waals surface area contributed by atoms with Crippen molar-refractivity contribution < 1.29 is 19.4 Å². The van der Waals surface area contributed by atoms with E-state index in [2.05, 4.69) is 5.32 Å². The highest BCUT2D eigenvalue weighted by molar-refractivity contribution is 6.30. The number of carbonyl (C=O) groups is 2. The third kappa shape index (κ3) is 2.56. The zero-order valence-electron chi connectivity index (χ0n) is 13.5. The molecular weight excluding hydrogens is 344 g/mol. The summed E-state index contributed by atoms with van der Waals surface area (Å²) in [5.41, 5.74) is 0.0125. The molecule has 1 aromatic carbocycles. The van der Waals surface area contributed by atoms with Gasteiger partial charge in [0.05, 0.1) is 24.5 Å². The minimum Gasteiger partial charge on any atom is -0.396 e. The fourth-order valence-corrected chi connectivity index (χ4v) is 4.17. The van der Waals surface area contributed by atoms with E-state index in [1.807, 2.05) is 12.2 Å². The number of fused-ring (bicyclic) bond motifs is 1. The molecule has 132 valence electrons. The SMILES string of the molecule is O=C(NCCCO)C1C2C=CC3(CN(c4ccc(Cl)cc4)C(=O)C13)O2. The molecular formula is C18H19ClN2O4. The number of hydrogen-bond acceptors (Lipinski definition) is 4. The third-order valence-electron chi connectivity index (χ3n) is 5.18. The van der Waals surface area contributed by atoms with Crippen molar-refractivity contribution in [3.63, 3.8) is 0 Å². The molecule has 2 saturated heterocycles. The van der Waals surface area contributed by atoms with E-state index < -0.39 is 17.4 Å². The van der Waals surface area contributed by atoms with Gasteiger partial charge in [-0.05, 0) is 30.7 Å². The largest absolute Gasteiger partial charge is 0.396 e. The molecule has 0 radical (unpaired) electrons. The van der Waals surface area contributed by atoms with Crippen molar-refractivity contribution in [3.8, 4) is 0 Å². The van der Waals surface area contributed by atoms with Gasteiger partial charge >= 0.3 is 0 Å². The Morgan fingerprint density at radius 1 is 1.40 bits per heavy atom. The summed E-state index contributed by atoms with van der Waals surface area (Å²) in [5.74, 6) is -1.35. The zero-order chi connectivity index (χ0) is 17.6. The molecule has 4 unspecified atom stereocenters. The lowest BCUT2D eigenvalue weighted by atomic mass is 9.77. The molecule has 4 rings (SSSR count). The number of amides is 2. The topological polar surface area (TPSA) is 78.9 Å². The molecule has 6 nitrogen and oxygen atoms in total. The number of benzene rings is 1. The first-order valence-electron chi connectivity index (χ1n) is 8.38.